The smallest absolute Gasteiger partial charge is 0.0415 e. The molecule has 2 heteroatoms. The molecule has 16 heavy (non-hydrogen) atoms. The van der Waals surface area contributed by atoms with Gasteiger partial charge in [-0.05, 0) is 41.3 Å². The summed E-state index contributed by atoms with van der Waals surface area (Å²) in [5.74, 6) is 0. The van der Waals surface area contributed by atoms with Gasteiger partial charge in [-0.3, -0.25) is 0 Å². The molecule has 0 N–H and O–H groups in total. The van der Waals surface area contributed by atoms with Gasteiger partial charge in [0.05, 0.1) is 0 Å². The van der Waals surface area contributed by atoms with E-state index >= 15 is 0 Å². The number of aryl methyl sites for hydroxylation is 1. The van der Waals surface area contributed by atoms with Crippen LogP contribution >= 0.6 is 27.5 Å². The van der Waals surface area contributed by atoms with Gasteiger partial charge in [0.15, 0.2) is 0 Å². The SMILES string of the molecule is Cc1ccccc1-c1cc(Cl)cc(CBr)c1. The van der Waals surface area contributed by atoms with Gasteiger partial charge in [-0.1, -0.05) is 57.9 Å². The number of hydrogen-bond acceptors (Lipinski definition) is 0. The van der Waals surface area contributed by atoms with Crippen LogP contribution in [0.1, 0.15) is 11.1 Å². The Balaban J connectivity index is 2.56. The van der Waals surface area contributed by atoms with Crippen LogP contribution in [0.4, 0.5) is 0 Å². The first kappa shape index (κ1) is 11.7. The van der Waals surface area contributed by atoms with Crippen molar-refractivity contribution in [1.82, 2.24) is 0 Å². The quantitative estimate of drug-likeness (QED) is 0.667. The van der Waals surface area contributed by atoms with Crippen molar-refractivity contribution in [3.05, 3.63) is 58.6 Å². The fourth-order valence-electron chi connectivity index (χ4n) is 1.78. The first-order chi connectivity index (χ1) is 7.70. The molecule has 82 valence electrons. The van der Waals surface area contributed by atoms with E-state index < -0.39 is 0 Å². The van der Waals surface area contributed by atoms with Crippen LogP contribution in [0.15, 0.2) is 42.5 Å². The zero-order chi connectivity index (χ0) is 11.5. The summed E-state index contributed by atoms with van der Waals surface area (Å²) >= 11 is 9.57. The molecule has 0 spiro atoms. The van der Waals surface area contributed by atoms with E-state index in [4.69, 9.17) is 11.6 Å². The van der Waals surface area contributed by atoms with E-state index in [0.29, 0.717) is 0 Å². The van der Waals surface area contributed by atoms with Crippen LogP contribution in [-0.2, 0) is 5.33 Å². The van der Waals surface area contributed by atoms with Gasteiger partial charge in [0.2, 0.25) is 0 Å². The molecule has 0 aliphatic rings. The predicted octanol–water partition coefficient (Wildman–Crippen LogP) is 5.21. The Bertz CT molecular complexity index is 506. The summed E-state index contributed by atoms with van der Waals surface area (Å²) in [6.07, 6.45) is 0. The van der Waals surface area contributed by atoms with Crippen LogP contribution in [-0.4, -0.2) is 0 Å². The molecular formula is C14H12BrCl. The van der Waals surface area contributed by atoms with Crippen LogP contribution in [0, 0.1) is 6.92 Å². The monoisotopic (exact) mass is 294 g/mol. The Morgan fingerprint density at radius 3 is 2.56 bits per heavy atom. The summed E-state index contributed by atoms with van der Waals surface area (Å²) in [7, 11) is 0. The summed E-state index contributed by atoms with van der Waals surface area (Å²) in [5, 5.41) is 1.61. The maximum atomic E-state index is 6.11. The van der Waals surface area contributed by atoms with E-state index in [1.807, 2.05) is 12.1 Å². The van der Waals surface area contributed by atoms with Gasteiger partial charge in [0.1, 0.15) is 0 Å². The summed E-state index contributed by atoms with van der Waals surface area (Å²) < 4.78 is 0. The first-order valence-corrected chi connectivity index (χ1v) is 6.62. The van der Waals surface area contributed by atoms with Gasteiger partial charge >= 0.3 is 0 Å². The molecule has 0 saturated heterocycles. The van der Waals surface area contributed by atoms with Gasteiger partial charge in [-0.15, -0.1) is 0 Å². The summed E-state index contributed by atoms with van der Waals surface area (Å²) in [6, 6.07) is 14.5. The lowest BCUT2D eigenvalue weighted by Crippen LogP contribution is -1.85. The minimum atomic E-state index is 0.787. The van der Waals surface area contributed by atoms with Crippen LogP contribution in [0.2, 0.25) is 5.02 Å². The van der Waals surface area contributed by atoms with Crippen molar-refractivity contribution >= 4 is 27.5 Å². The van der Waals surface area contributed by atoms with E-state index in [9.17, 15) is 0 Å². The Morgan fingerprint density at radius 2 is 1.88 bits per heavy atom. The van der Waals surface area contributed by atoms with Gasteiger partial charge in [0, 0.05) is 10.4 Å². The predicted molar refractivity (Wildman–Crippen MR) is 74.3 cm³/mol. The van der Waals surface area contributed by atoms with E-state index in [2.05, 4.69) is 53.2 Å². The summed E-state index contributed by atoms with van der Waals surface area (Å²) in [5.41, 5.74) is 4.89. The van der Waals surface area contributed by atoms with Crippen molar-refractivity contribution < 1.29 is 0 Å². The van der Waals surface area contributed by atoms with E-state index in [1.54, 1.807) is 0 Å². The largest absolute Gasteiger partial charge is 0.0876 e. The molecule has 0 amide bonds. The molecule has 0 radical (unpaired) electrons. The van der Waals surface area contributed by atoms with Crippen LogP contribution in [0.3, 0.4) is 0 Å². The number of rotatable bonds is 2. The maximum absolute atomic E-state index is 6.11. The third kappa shape index (κ3) is 2.47. The molecule has 0 fully saturated rings. The fraction of sp³-hybridized carbons (Fsp3) is 0.143. The number of hydrogen-bond donors (Lipinski definition) is 0. The molecule has 2 rings (SSSR count). The van der Waals surface area contributed by atoms with Crippen molar-refractivity contribution in [1.29, 1.82) is 0 Å². The Morgan fingerprint density at radius 1 is 1.12 bits per heavy atom. The Labute approximate surface area is 109 Å². The Hall–Kier alpha value is -0.790. The highest BCUT2D eigenvalue weighted by Gasteiger charge is 2.03. The molecule has 0 heterocycles. The van der Waals surface area contributed by atoms with Gasteiger partial charge in [-0.2, -0.15) is 0 Å². The van der Waals surface area contributed by atoms with Gasteiger partial charge < -0.3 is 0 Å². The van der Waals surface area contributed by atoms with Crippen molar-refractivity contribution in [2.45, 2.75) is 12.3 Å². The van der Waals surface area contributed by atoms with E-state index in [0.717, 1.165) is 10.4 Å². The van der Waals surface area contributed by atoms with E-state index in [-0.39, 0.29) is 0 Å². The third-order valence-electron chi connectivity index (χ3n) is 2.57. The molecule has 0 aliphatic heterocycles. The fourth-order valence-corrected chi connectivity index (χ4v) is 2.36. The second-order valence-electron chi connectivity index (χ2n) is 3.80. The van der Waals surface area contributed by atoms with Gasteiger partial charge in [0.25, 0.3) is 0 Å². The lowest BCUT2D eigenvalue weighted by Gasteiger charge is -2.08. The van der Waals surface area contributed by atoms with Crippen LogP contribution in [0.25, 0.3) is 11.1 Å². The molecule has 0 atom stereocenters. The highest BCUT2D eigenvalue weighted by atomic mass is 79.9. The molecule has 2 aromatic rings. The van der Waals surface area contributed by atoms with Crippen LogP contribution < -0.4 is 0 Å². The molecule has 0 saturated carbocycles. The third-order valence-corrected chi connectivity index (χ3v) is 3.43. The lowest BCUT2D eigenvalue weighted by molar-refractivity contribution is 1.41. The molecular weight excluding hydrogens is 284 g/mol. The first-order valence-electron chi connectivity index (χ1n) is 5.12. The normalized spacial score (nSPS) is 10.4. The molecule has 0 unspecified atom stereocenters. The second-order valence-corrected chi connectivity index (χ2v) is 4.79. The molecule has 2 aromatic carbocycles. The average molecular weight is 296 g/mol. The van der Waals surface area contributed by atoms with Crippen molar-refractivity contribution in [2.75, 3.05) is 0 Å². The minimum Gasteiger partial charge on any atom is -0.0876 e. The summed E-state index contributed by atoms with van der Waals surface area (Å²) in [4.78, 5) is 0. The highest BCUT2D eigenvalue weighted by Crippen LogP contribution is 2.28. The molecule has 0 aromatic heterocycles. The van der Waals surface area contributed by atoms with Crippen molar-refractivity contribution in [3.63, 3.8) is 0 Å². The lowest BCUT2D eigenvalue weighted by atomic mass is 9.99. The van der Waals surface area contributed by atoms with Crippen molar-refractivity contribution in [2.24, 2.45) is 0 Å². The maximum Gasteiger partial charge on any atom is 0.0415 e. The number of halogens is 2. The Kier molecular flexibility index (Phi) is 3.67. The number of benzene rings is 2. The van der Waals surface area contributed by atoms with Crippen LogP contribution in [0.5, 0.6) is 0 Å². The van der Waals surface area contributed by atoms with E-state index in [1.165, 1.54) is 22.3 Å². The second kappa shape index (κ2) is 5.03. The zero-order valence-electron chi connectivity index (χ0n) is 9.00. The van der Waals surface area contributed by atoms with Crippen molar-refractivity contribution in [3.8, 4) is 11.1 Å². The summed E-state index contributed by atoms with van der Waals surface area (Å²) in [6.45, 7) is 2.12. The zero-order valence-corrected chi connectivity index (χ0v) is 11.3. The highest BCUT2D eigenvalue weighted by molar-refractivity contribution is 9.08. The molecule has 0 nitrogen and oxygen atoms in total. The average Bonchev–Trinajstić information content (AvgIpc) is 2.28. The molecule has 0 bridgehead atoms. The molecule has 0 aliphatic carbocycles. The minimum absolute atomic E-state index is 0.787. The topological polar surface area (TPSA) is 0 Å². The standard InChI is InChI=1S/C14H12BrCl/c1-10-4-2-3-5-14(10)12-6-11(9-15)7-13(16)8-12/h2-8H,9H2,1H3. The van der Waals surface area contributed by atoms with Gasteiger partial charge in [-0.25, -0.2) is 0 Å². The number of alkyl halides is 1.